The Morgan fingerprint density at radius 2 is 2.47 bits per heavy atom. The lowest BCUT2D eigenvalue weighted by atomic mass is 10.1. The van der Waals surface area contributed by atoms with Crippen LogP contribution in [0.25, 0.3) is 0 Å². The molecular weight excluding hydrogens is 232 g/mol. The highest BCUT2D eigenvalue weighted by atomic mass is 32.1. The van der Waals surface area contributed by atoms with E-state index >= 15 is 0 Å². The molecule has 0 radical (unpaired) electrons. The van der Waals surface area contributed by atoms with Crippen LogP contribution in [0.3, 0.4) is 0 Å². The van der Waals surface area contributed by atoms with Crippen LogP contribution in [-0.2, 0) is 13.0 Å². The lowest BCUT2D eigenvalue weighted by Gasteiger charge is -2.24. The third kappa shape index (κ3) is 3.50. The Kier molecular flexibility index (Phi) is 4.54. The van der Waals surface area contributed by atoms with Crippen molar-refractivity contribution in [3.8, 4) is 0 Å². The Morgan fingerprint density at radius 1 is 1.65 bits per heavy atom. The molecular formula is C13H22N2OS. The van der Waals surface area contributed by atoms with Crippen LogP contribution in [0, 0.1) is 0 Å². The highest BCUT2D eigenvalue weighted by molar-refractivity contribution is 7.09. The first-order valence-electron chi connectivity index (χ1n) is 6.54. The third-order valence-electron chi connectivity index (χ3n) is 3.38. The SMILES string of the molecule is CCc1nc(CN2CCCC2CC(C)O)cs1. The van der Waals surface area contributed by atoms with Crippen LogP contribution >= 0.6 is 11.3 Å². The zero-order valence-corrected chi connectivity index (χ0v) is 11.5. The lowest BCUT2D eigenvalue weighted by Crippen LogP contribution is -2.31. The molecule has 1 aliphatic heterocycles. The van der Waals surface area contributed by atoms with E-state index in [2.05, 4.69) is 22.2 Å². The fraction of sp³-hybridized carbons (Fsp3) is 0.769. The van der Waals surface area contributed by atoms with Crippen molar-refractivity contribution in [1.82, 2.24) is 9.88 Å². The van der Waals surface area contributed by atoms with Crippen LogP contribution in [0.2, 0.25) is 0 Å². The Labute approximate surface area is 107 Å². The average Bonchev–Trinajstić information content (AvgIpc) is 2.89. The van der Waals surface area contributed by atoms with Crippen molar-refractivity contribution in [3.63, 3.8) is 0 Å². The number of aliphatic hydroxyl groups is 1. The summed E-state index contributed by atoms with van der Waals surface area (Å²) in [6.07, 6.45) is 4.20. The Balaban J connectivity index is 1.92. The number of likely N-dealkylation sites (tertiary alicyclic amines) is 1. The molecule has 1 aromatic heterocycles. The standard InChI is InChI=1S/C13H22N2OS/c1-3-13-14-11(9-17-13)8-15-6-4-5-12(15)7-10(2)16/h9-10,12,16H,3-8H2,1-2H3. The molecule has 17 heavy (non-hydrogen) atoms. The molecule has 0 amide bonds. The number of thiazole rings is 1. The summed E-state index contributed by atoms with van der Waals surface area (Å²) < 4.78 is 0. The van der Waals surface area contributed by atoms with Crippen LogP contribution in [0.15, 0.2) is 5.38 Å². The summed E-state index contributed by atoms with van der Waals surface area (Å²) in [7, 11) is 0. The number of hydrogen-bond donors (Lipinski definition) is 1. The lowest BCUT2D eigenvalue weighted by molar-refractivity contribution is 0.130. The first kappa shape index (κ1) is 13.0. The fourth-order valence-electron chi connectivity index (χ4n) is 2.56. The molecule has 0 saturated carbocycles. The number of aliphatic hydroxyl groups excluding tert-OH is 1. The molecule has 2 heterocycles. The molecule has 1 N–H and O–H groups in total. The third-order valence-corrected chi connectivity index (χ3v) is 4.42. The smallest absolute Gasteiger partial charge is 0.0926 e. The van der Waals surface area contributed by atoms with E-state index in [0.717, 1.165) is 25.9 Å². The van der Waals surface area contributed by atoms with E-state index in [9.17, 15) is 5.11 Å². The molecule has 0 aromatic carbocycles. The van der Waals surface area contributed by atoms with E-state index in [4.69, 9.17) is 0 Å². The van der Waals surface area contributed by atoms with Gasteiger partial charge in [-0.15, -0.1) is 11.3 Å². The second kappa shape index (κ2) is 5.94. The molecule has 0 bridgehead atoms. The Morgan fingerprint density at radius 3 is 3.12 bits per heavy atom. The number of aryl methyl sites for hydroxylation is 1. The summed E-state index contributed by atoms with van der Waals surface area (Å²) in [4.78, 5) is 7.09. The van der Waals surface area contributed by atoms with Gasteiger partial charge in [-0.3, -0.25) is 4.90 Å². The van der Waals surface area contributed by atoms with Crippen molar-refractivity contribution in [1.29, 1.82) is 0 Å². The number of rotatable bonds is 5. The summed E-state index contributed by atoms with van der Waals surface area (Å²) in [6, 6.07) is 0.543. The summed E-state index contributed by atoms with van der Waals surface area (Å²) in [5, 5.41) is 12.9. The summed E-state index contributed by atoms with van der Waals surface area (Å²) in [6.45, 7) is 6.13. The quantitative estimate of drug-likeness (QED) is 0.877. The fourth-order valence-corrected chi connectivity index (χ4v) is 3.29. The second-order valence-corrected chi connectivity index (χ2v) is 5.88. The largest absolute Gasteiger partial charge is 0.393 e. The topological polar surface area (TPSA) is 36.4 Å². The molecule has 96 valence electrons. The van der Waals surface area contributed by atoms with Crippen molar-refractivity contribution in [2.75, 3.05) is 6.54 Å². The molecule has 0 aliphatic carbocycles. The monoisotopic (exact) mass is 254 g/mol. The summed E-state index contributed by atoms with van der Waals surface area (Å²) in [5.74, 6) is 0. The van der Waals surface area contributed by atoms with E-state index < -0.39 is 0 Å². The van der Waals surface area contributed by atoms with E-state index in [1.54, 1.807) is 11.3 Å². The van der Waals surface area contributed by atoms with Gasteiger partial charge in [0.15, 0.2) is 0 Å². The zero-order chi connectivity index (χ0) is 12.3. The first-order chi connectivity index (χ1) is 8.19. The minimum absolute atomic E-state index is 0.192. The second-order valence-electron chi connectivity index (χ2n) is 4.94. The van der Waals surface area contributed by atoms with Gasteiger partial charge in [0.1, 0.15) is 0 Å². The van der Waals surface area contributed by atoms with Gasteiger partial charge in [0.25, 0.3) is 0 Å². The molecule has 2 unspecified atom stereocenters. The molecule has 1 fully saturated rings. The molecule has 4 heteroatoms. The molecule has 2 atom stereocenters. The van der Waals surface area contributed by atoms with Gasteiger partial charge in [0.05, 0.1) is 16.8 Å². The number of aromatic nitrogens is 1. The van der Waals surface area contributed by atoms with Crippen molar-refractivity contribution in [3.05, 3.63) is 16.1 Å². The number of hydrogen-bond acceptors (Lipinski definition) is 4. The normalized spacial score (nSPS) is 23.1. The molecule has 1 aromatic rings. The van der Waals surface area contributed by atoms with E-state index in [0.29, 0.717) is 6.04 Å². The van der Waals surface area contributed by atoms with Gasteiger partial charge in [-0.05, 0) is 39.2 Å². The van der Waals surface area contributed by atoms with Crippen LogP contribution < -0.4 is 0 Å². The number of nitrogens with zero attached hydrogens (tertiary/aromatic N) is 2. The zero-order valence-electron chi connectivity index (χ0n) is 10.7. The highest BCUT2D eigenvalue weighted by Crippen LogP contribution is 2.24. The predicted octanol–water partition coefficient (Wildman–Crippen LogP) is 2.44. The van der Waals surface area contributed by atoms with Crippen LogP contribution in [-0.4, -0.2) is 33.7 Å². The molecule has 3 nitrogen and oxygen atoms in total. The van der Waals surface area contributed by atoms with Crippen LogP contribution in [0.5, 0.6) is 0 Å². The maximum Gasteiger partial charge on any atom is 0.0926 e. The minimum Gasteiger partial charge on any atom is -0.393 e. The van der Waals surface area contributed by atoms with Crippen molar-refractivity contribution < 1.29 is 5.11 Å². The molecule has 1 saturated heterocycles. The maximum absolute atomic E-state index is 9.50. The van der Waals surface area contributed by atoms with Gasteiger partial charge >= 0.3 is 0 Å². The van der Waals surface area contributed by atoms with E-state index in [1.165, 1.54) is 23.5 Å². The summed E-state index contributed by atoms with van der Waals surface area (Å²) in [5.41, 5.74) is 1.20. The first-order valence-corrected chi connectivity index (χ1v) is 7.42. The highest BCUT2D eigenvalue weighted by Gasteiger charge is 2.25. The molecule has 1 aliphatic rings. The Hall–Kier alpha value is -0.450. The van der Waals surface area contributed by atoms with Gasteiger partial charge in [0.2, 0.25) is 0 Å². The molecule has 2 rings (SSSR count). The van der Waals surface area contributed by atoms with Gasteiger partial charge in [-0.25, -0.2) is 4.98 Å². The molecule has 0 spiro atoms. The minimum atomic E-state index is -0.192. The van der Waals surface area contributed by atoms with Gasteiger partial charge in [-0.2, -0.15) is 0 Å². The van der Waals surface area contributed by atoms with Crippen LogP contribution in [0.1, 0.15) is 43.8 Å². The predicted molar refractivity (Wildman–Crippen MR) is 71.2 cm³/mol. The van der Waals surface area contributed by atoms with Gasteiger partial charge < -0.3 is 5.11 Å². The summed E-state index contributed by atoms with van der Waals surface area (Å²) >= 11 is 1.76. The van der Waals surface area contributed by atoms with Crippen LogP contribution in [0.4, 0.5) is 0 Å². The van der Waals surface area contributed by atoms with Crippen molar-refractivity contribution >= 4 is 11.3 Å². The average molecular weight is 254 g/mol. The van der Waals surface area contributed by atoms with Crippen molar-refractivity contribution in [2.45, 2.75) is 58.2 Å². The Bertz CT molecular complexity index is 351. The van der Waals surface area contributed by atoms with Crippen molar-refractivity contribution in [2.24, 2.45) is 0 Å². The van der Waals surface area contributed by atoms with E-state index in [-0.39, 0.29) is 6.10 Å². The van der Waals surface area contributed by atoms with E-state index in [1.807, 2.05) is 6.92 Å². The van der Waals surface area contributed by atoms with Gasteiger partial charge in [-0.1, -0.05) is 6.92 Å². The van der Waals surface area contributed by atoms with Gasteiger partial charge in [0, 0.05) is 18.0 Å². The maximum atomic E-state index is 9.50.